The lowest BCUT2D eigenvalue weighted by molar-refractivity contribution is -0.682. The molecule has 1 atom stereocenters. The van der Waals surface area contributed by atoms with Gasteiger partial charge in [-0.1, -0.05) is 48.0 Å². The molecular formula is C18H21ClFN2O+. The minimum absolute atomic E-state index is 0.0692. The minimum Gasteiger partial charge on any atom is -0.351 e. The molecule has 0 saturated heterocycles. The van der Waals surface area contributed by atoms with Crippen LogP contribution < -0.4 is 10.6 Å². The number of carbonyl (C=O) groups excluding carboxylic acids is 1. The summed E-state index contributed by atoms with van der Waals surface area (Å²) in [6.07, 6.45) is 0.485. The molecule has 0 aliphatic rings. The van der Waals surface area contributed by atoms with E-state index in [0.29, 0.717) is 30.1 Å². The summed E-state index contributed by atoms with van der Waals surface area (Å²) in [5.41, 5.74) is 1.62. The first-order valence-corrected chi connectivity index (χ1v) is 8.03. The van der Waals surface area contributed by atoms with Gasteiger partial charge in [-0.2, -0.15) is 0 Å². The van der Waals surface area contributed by atoms with Crippen molar-refractivity contribution in [1.82, 2.24) is 5.32 Å². The lowest BCUT2D eigenvalue weighted by Gasteiger charge is -2.12. The molecule has 23 heavy (non-hydrogen) atoms. The average Bonchev–Trinajstić information content (AvgIpc) is 2.55. The van der Waals surface area contributed by atoms with Gasteiger partial charge < -0.3 is 10.6 Å². The molecule has 2 aromatic carbocycles. The molecule has 0 saturated carbocycles. The highest BCUT2D eigenvalue weighted by Crippen LogP contribution is 2.19. The summed E-state index contributed by atoms with van der Waals surface area (Å²) < 4.78 is 13.5. The molecule has 0 heterocycles. The van der Waals surface area contributed by atoms with Crippen LogP contribution in [0.5, 0.6) is 0 Å². The SMILES string of the molecule is C[C@H]([NH2+]CC(=O)NCCc1ccccc1F)c1ccccc1Cl. The van der Waals surface area contributed by atoms with Gasteiger partial charge in [-0.15, -0.1) is 0 Å². The Labute approximate surface area is 140 Å². The Kier molecular flexibility index (Phi) is 6.56. The zero-order valence-electron chi connectivity index (χ0n) is 13.1. The molecule has 3 nitrogen and oxygen atoms in total. The molecule has 0 aromatic heterocycles. The van der Waals surface area contributed by atoms with Gasteiger partial charge in [-0.3, -0.25) is 4.79 Å². The van der Waals surface area contributed by atoms with Gasteiger partial charge in [0.1, 0.15) is 11.9 Å². The maximum Gasteiger partial charge on any atom is 0.275 e. The molecule has 0 aliphatic heterocycles. The summed E-state index contributed by atoms with van der Waals surface area (Å²) >= 11 is 6.14. The van der Waals surface area contributed by atoms with Crippen LogP contribution in [0.1, 0.15) is 24.1 Å². The van der Waals surface area contributed by atoms with Crippen molar-refractivity contribution in [2.75, 3.05) is 13.1 Å². The van der Waals surface area contributed by atoms with Crippen LogP contribution >= 0.6 is 11.6 Å². The van der Waals surface area contributed by atoms with Crippen LogP contribution in [0.2, 0.25) is 5.02 Å². The Morgan fingerprint density at radius 3 is 2.65 bits per heavy atom. The summed E-state index contributed by atoms with van der Waals surface area (Å²) in [5, 5.41) is 5.44. The quantitative estimate of drug-likeness (QED) is 0.802. The van der Waals surface area contributed by atoms with Crippen molar-refractivity contribution >= 4 is 17.5 Å². The smallest absolute Gasteiger partial charge is 0.275 e. The maximum atomic E-state index is 13.5. The lowest BCUT2D eigenvalue weighted by Crippen LogP contribution is -2.87. The normalized spacial score (nSPS) is 12.0. The van der Waals surface area contributed by atoms with Crippen LogP contribution in [0.25, 0.3) is 0 Å². The van der Waals surface area contributed by atoms with Gasteiger partial charge >= 0.3 is 0 Å². The van der Waals surface area contributed by atoms with E-state index in [0.717, 1.165) is 5.56 Å². The van der Waals surface area contributed by atoms with Crippen LogP contribution in [0, 0.1) is 5.82 Å². The van der Waals surface area contributed by atoms with Crippen molar-refractivity contribution in [2.24, 2.45) is 0 Å². The fourth-order valence-electron chi connectivity index (χ4n) is 2.37. The average molecular weight is 336 g/mol. The topological polar surface area (TPSA) is 45.7 Å². The first kappa shape index (κ1) is 17.4. The predicted octanol–water partition coefficient (Wildman–Crippen LogP) is 2.46. The molecule has 0 bridgehead atoms. The van der Waals surface area contributed by atoms with E-state index in [1.807, 2.05) is 36.5 Å². The lowest BCUT2D eigenvalue weighted by atomic mass is 10.1. The minimum atomic E-state index is -0.236. The van der Waals surface area contributed by atoms with Gasteiger partial charge in [0.15, 0.2) is 6.54 Å². The molecule has 3 N–H and O–H groups in total. The van der Waals surface area contributed by atoms with Gasteiger partial charge in [0, 0.05) is 17.1 Å². The number of hydrogen-bond donors (Lipinski definition) is 2. The maximum absolute atomic E-state index is 13.5. The largest absolute Gasteiger partial charge is 0.351 e. The van der Waals surface area contributed by atoms with Crippen LogP contribution in [-0.4, -0.2) is 19.0 Å². The van der Waals surface area contributed by atoms with Crippen molar-refractivity contribution < 1.29 is 14.5 Å². The molecule has 0 fully saturated rings. The van der Waals surface area contributed by atoms with Crippen LogP contribution in [-0.2, 0) is 11.2 Å². The number of nitrogens with one attached hydrogen (secondary N) is 1. The van der Waals surface area contributed by atoms with Gasteiger partial charge in [-0.05, 0) is 31.0 Å². The van der Waals surface area contributed by atoms with Gasteiger partial charge in [0.25, 0.3) is 5.91 Å². The summed E-state index contributed by atoms with van der Waals surface area (Å²) in [5.74, 6) is -0.305. The Hall–Kier alpha value is -1.91. The van der Waals surface area contributed by atoms with Gasteiger partial charge in [0.05, 0.1) is 0 Å². The fourth-order valence-corrected chi connectivity index (χ4v) is 2.67. The van der Waals surface area contributed by atoms with Crippen molar-refractivity contribution in [3.63, 3.8) is 0 Å². The molecule has 2 aromatic rings. The summed E-state index contributed by atoms with van der Waals surface area (Å²) in [4.78, 5) is 11.9. The first-order valence-electron chi connectivity index (χ1n) is 7.66. The Bertz CT molecular complexity index is 663. The summed E-state index contributed by atoms with van der Waals surface area (Å²) in [6.45, 7) is 2.74. The number of amides is 1. The number of carbonyl (C=O) groups is 1. The van der Waals surface area contributed by atoms with Gasteiger partial charge in [0.2, 0.25) is 0 Å². The number of benzene rings is 2. The van der Waals surface area contributed by atoms with Crippen molar-refractivity contribution in [3.05, 3.63) is 70.5 Å². The Morgan fingerprint density at radius 2 is 1.91 bits per heavy atom. The third-order valence-electron chi connectivity index (χ3n) is 3.73. The van der Waals surface area contributed by atoms with E-state index in [9.17, 15) is 9.18 Å². The van der Waals surface area contributed by atoms with Crippen LogP contribution in [0.4, 0.5) is 4.39 Å². The first-order chi connectivity index (χ1) is 11.1. The van der Waals surface area contributed by atoms with E-state index in [1.54, 1.807) is 18.2 Å². The van der Waals surface area contributed by atoms with E-state index in [1.165, 1.54) is 6.07 Å². The number of quaternary nitrogens is 1. The summed E-state index contributed by atoms with van der Waals surface area (Å²) in [6, 6.07) is 14.3. The van der Waals surface area contributed by atoms with Crippen molar-refractivity contribution in [1.29, 1.82) is 0 Å². The molecule has 5 heteroatoms. The van der Waals surface area contributed by atoms with Crippen LogP contribution in [0.3, 0.4) is 0 Å². The molecule has 2 rings (SSSR count). The number of halogens is 2. The number of nitrogens with two attached hydrogens (primary N) is 1. The standard InChI is InChI=1S/C18H20ClFN2O/c1-13(15-7-3-4-8-16(15)19)22-12-18(23)21-11-10-14-6-2-5-9-17(14)20/h2-9,13,22H,10-12H2,1H3,(H,21,23)/p+1/t13-/m0/s1. The molecule has 0 spiro atoms. The Balaban J connectivity index is 1.73. The van der Waals surface area contributed by atoms with Gasteiger partial charge in [-0.25, -0.2) is 4.39 Å². The third kappa shape index (κ3) is 5.34. The van der Waals surface area contributed by atoms with E-state index in [-0.39, 0.29) is 17.8 Å². The van der Waals surface area contributed by atoms with Crippen molar-refractivity contribution in [2.45, 2.75) is 19.4 Å². The molecule has 0 aliphatic carbocycles. The fraction of sp³-hybridized carbons (Fsp3) is 0.278. The second kappa shape index (κ2) is 8.65. The number of rotatable bonds is 7. The van der Waals surface area contributed by atoms with E-state index in [2.05, 4.69) is 5.32 Å². The molecule has 1 amide bonds. The molecule has 0 unspecified atom stereocenters. The molecule has 122 valence electrons. The monoisotopic (exact) mass is 335 g/mol. The van der Waals surface area contributed by atoms with E-state index < -0.39 is 0 Å². The Morgan fingerprint density at radius 1 is 1.22 bits per heavy atom. The highest BCUT2D eigenvalue weighted by Gasteiger charge is 2.13. The second-order valence-corrected chi connectivity index (χ2v) is 5.85. The van der Waals surface area contributed by atoms with E-state index >= 15 is 0 Å². The van der Waals surface area contributed by atoms with Crippen LogP contribution in [0.15, 0.2) is 48.5 Å². The van der Waals surface area contributed by atoms with Crippen molar-refractivity contribution in [3.8, 4) is 0 Å². The highest BCUT2D eigenvalue weighted by molar-refractivity contribution is 6.31. The summed E-state index contributed by atoms with van der Waals surface area (Å²) in [7, 11) is 0. The molecule has 0 radical (unpaired) electrons. The highest BCUT2D eigenvalue weighted by atomic mass is 35.5. The number of hydrogen-bond acceptors (Lipinski definition) is 1. The second-order valence-electron chi connectivity index (χ2n) is 5.44. The van der Waals surface area contributed by atoms with E-state index in [4.69, 9.17) is 11.6 Å². The molecular weight excluding hydrogens is 315 g/mol. The predicted molar refractivity (Wildman–Crippen MR) is 89.8 cm³/mol. The third-order valence-corrected chi connectivity index (χ3v) is 4.07. The zero-order chi connectivity index (χ0) is 16.7. The zero-order valence-corrected chi connectivity index (χ0v) is 13.8.